The normalized spacial score (nSPS) is 15.6. The monoisotopic (exact) mass is 450 g/mol. The van der Waals surface area contributed by atoms with E-state index in [9.17, 15) is 9.59 Å². The van der Waals surface area contributed by atoms with Crippen molar-refractivity contribution < 1.29 is 19.1 Å². The highest BCUT2D eigenvalue weighted by Gasteiger charge is 2.35. The van der Waals surface area contributed by atoms with E-state index < -0.39 is 11.8 Å². The first-order valence-corrected chi connectivity index (χ1v) is 9.53. The topological polar surface area (TPSA) is 67.9 Å². The number of nitrogens with one attached hydrogen (secondary N) is 1. The summed E-state index contributed by atoms with van der Waals surface area (Å²) in [7, 11) is 3.03. The van der Waals surface area contributed by atoms with E-state index in [0.29, 0.717) is 17.1 Å². The van der Waals surface area contributed by atoms with E-state index in [2.05, 4.69) is 5.32 Å². The van der Waals surface area contributed by atoms with Crippen LogP contribution in [0.2, 0.25) is 10.0 Å². The molecule has 0 aromatic heterocycles. The molecule has 0 saturated carbocycles. The Morgan fingerprint density at radius 3 is 2.41 bits per heavy atom. The summed E-state index contributed by atoms with van der Waals surface area (Å²) in [5.74, 6) is -0.209. The van der Waals surface area contributed by atoms with Crippen molar-refractivity contribution in [2.45, 2.75) is 6.92 Å². The summed E-state index contributed by atoms with van der Waals surface area (Å²) >= 11 is 17.5. The Morgan fingerprint density at radius 1 is 1.10 bits per heavy atom. The summed E-state index contributed by atoms with van der Waals surface area (Å²) in [4.78, 5) is 26.8. The number of anilines is 1. The first kappa shape index (κ1) is 21.1. The van der Waals surface area contributed by atoms with Gasteiger partial charge in [-0.05, 0) is 60.6 Å². The SMILES string of the molecule is COc1cc(C)c(/C=C2\C(=O)NC(=S)N(c3cccc(Cl)c3Cl)C2=O)cc1OC. The average Bonchev–Trinajstić information content (AvgIpc) is 2.68. The Balaban J connectivity index is 2.10. The predicted molar refractivity (Wildman–Crippen MR) is 117 cm³/mol. The maximum absolute atomic E-state index is 13.2. The molecule has 6 nitrogen and oxygen atoms in total. The zero-order valence-electron chi connectivity index (χ0n) is 15.7. The standard InChI is InChI=1S/C20H16Cl2N2O4S/c1-10-7-15(27-2)16(28-3)9-11(10)8-12-18(25)23-20(29)24(19(12)26)14-6-4-5-13(21)17(14)22/h4-9H,1-3H3,(H,23,25,29)/b12-8+. The van der Waals surface area contributed by atoms with Gasteiger partial charge in [0.25, 0.3) is 11.8 Å². The van der Waals surface area contributed by atoms with Gasteiger partial charge in [0.15, 0.2) is 16.6 Å². The van der Waals surface area contributed by atoms with Crippen LogP contribution in [0.5, 0.6) is 11.5 Å². The first-order valence-electron chi connectivity index (χ1n) is 8.36. The van der Waals surface area contributed by atoms with Crippen LogP contribution >= 0.6 is 35.4 Å². The zero-order valence-corrected chi connectivity index (χ0v) is 18.0. The third-order valence-corrected chi connectivity index (χ3v) is 5.44. The fourth-order valence-corrected chi connectivity index (χ4v) is 3.50. The molecule has 2 aromatic rings. The van der Waals surface area contributed by atoms with Gasteiger partial charge in [-0.25, -0.2) is 0 Å². The van der Waals surface area contributed by atoms with Gasteiger partial charge in [0.1, 0.15) is 5.57 Å². The number of benzene rings is 2. The van der Waals surface area contributed by atoms with Crippen LogP contribution in [-0.4, -0.2) is 31.1 Å². The number of halogens is 2. The lowest BCUT2D eigenvalue weighted by Crippen LogP contribution is -2.54. The number of thiocarbonyl (C=S) groups is 1. The molecule has 29 heavy (non-hydrogen) atoms. The van der Waals surface area contributed by atoms with E-state index >= 15 is 0 Å². The highest BCUT2D eigenvalue weighted by Crippen LogP contribution is 2.35. The minimum Gasteiger partial charge on any atom is -0.493 e. The van der Waals surface area contributed by atoms with Crippen LogP contribution in [0.3, 0.4) is 0 Å². The largest absolute Gasteiger partial charge is 0.493 e. The Bertz CT molecular complexity index is 1070. The maximum atomic E-state index is 13.2. The second kappa shape index (κ2) is 8.41. The molecule has 0 radical (unpaired) electrons. The number of methoxy groups -OCH3 is 2. The molecule has 1 fully saturated rings. The minimum absolute atomic E-state index is 0.0784. The molecule has 2 amide bonds. The molecule has 3 rings (SSSR count). The quantitative estimate of drug-likeness (QED) is 0.430. The average molecular weight is 451 g/mol. The number of rotatable bonds is 4. The summed E-state index contributed by atoms with van der Waals surface area (Å²) in [6, 6.07) is 8.26. The molecular weight excluding hydrogens is 435 g/mol. The van der Waals surface area contributed by atoms with Crippen LogP contribution < -0.4 is 19.7 Å². The third-order valence-electron chi connectivity index (χ3n) is 4.35. The molecule has 0 aliphatic carbocycles. The lowest BCUT2D eigenvalue weighted by atomic mass is 10.0. The zero-order chi connectivity index (χ0) is 21.3. The van der Waals surface area contributed by atoms with Crippen LogP contribution in [0, 0.1) is 6.92 Å². The molecule has 1 saturated heterocycles. The van der Waals surface area contributed by atoms with Crippen molar-refractivity contribution in [2.24, 2.45) is 0 Å². The number of hydrogen-bond donors (Lipinski definition) is 1. The first-order chi connectivity index (χ1) is 13.8. The van der Waals surface area contributed by atoms with Gasteiger partial charge >= 0.3 is 0 Å². The Labute approximate surface area is 183 Å². The van der Waals surface area contributed by atoms with Gasteiger partial charge in [-0.1, -0.05) is 29.3 Å². The van der Waals surface area contributed by atoms with Crippen molar-refractivity contribution in [3.8, 4) is 11.5 Å². The Kier molecular flexibility index (Phi) is 6.12. The van der Waals surface area contributed by atoms with Crippen molar-refractivity contribution in [2.75, 3.05) is 19.1 Å². The number of nitrogens with zero attached hydrogens (tertiary/aromatic N) is 1. The fraction of sp³-hybridized carbons (Fsp3) is 0.150. The number of ether oxygens (including phenoxy) is 2. The molecule has 0 unspecified atom stereocenters. The van der Waals surface area contributed by atoms with Gasteiger partial charge in [0, 0.05) is 0 Å². The highest BCUT2D eigenvalue weighted by atomic mass is 35.5. The Hall–Kier alpha value is -2.61. The van der Waals surface area contributed by atoms with E-state index in [1.54, 1.807) is 30.3 Å². The molecule has 0 spiro atoms. The van der Waals surface area contributed by atoms with Crippen LogP contribution in [0.1, 0.15) is 11.1 Å². The van der Waals surface area contributed by atoms with Gasteiger partial charge in [0.05, 0.1) is 30.0 Å². The molecular formula is C20H16Cl2N2O4S. The van der Waals surface area contributed by atoms with Crippen molar-refractivity contribution in [1.29, 1.82) is 0 Å². The van der Waals surface area contributed by atoms with Crippen LogP contribution in [0.4, 0.5) is 5.69 Å². The second-order valence-electron chi connectivity index (χ2n) is 6.09. The van der Waals surface area contributed by atoms with Crippen LogP contribution in [-0.2, 0) is 9.59 Å². The molecule has 1 aliphatic heterocycles. The molecule has 0 bridgehead atoms. The maximum Gasteiger partial charge on any atom is 0.270 e. The lowest BCUT2D eigenvalue weighted by Gasteiger charge is -2.29. The smallest absolute Gasteiger partial charge is 0.270 e. The fourth-order valence-electron chi connectivity index (χ4n) is 2.85. The van der Waals surface area contributed by atoms with Gasteiger partial charge in [-0.15, -0.1) is 0 Å². The highest BCUT2D eigenvalue weighted by molar-refractivity contribution is 7.80. The summed E-state index contributed by atoms with van der Waals surface area (Å²) in [6.45, 7) is 1.83. The molecule has 150 valence electrons. The van der Waals surface area contributed by atoms with E-state index in [0.717, 1.165) is 10.5 Å². The van der Waals surface area contributed by atoms with Gasteiger partial charge in [-0.3, -0.25) is 19.8 Å². The number of carbonyl (C=O) groups is 2. The van der Waals surface area contributed by atoms with Crippen molar-refractivity contribution >= 4 is 64.1 Å². The Morgan fingerprint density at radius 2 is 1.76 bits per heavy atom. The molecule has 1 heterocycles. The van der Waals surface area contributed by atoms with E-state index in [4.69, 9.17) is 44.9 Å². The number of amides is 2. The second-order valence-corrected chi connectivity index (χ2v) is 7.27. The number of aryl methyl sites for hydroxylation is 1. The van der Waals surface area contributed by atoms with E-state index in [1.165, 1.54) is 20.3 Å². The minimum atomic E-state index is -0.614. The molecule has 0 atom stereocenters. The molecule has 1 N–H and O–H groups in total. The third kappa shape index (κ3) is 3.94. The van der Waals surface area contributed by atoms with Gasteiger partial charge in [-0.2, -0.15) is 0 Å². The molecule has 1 aliphatic rings. The van der Waals surface area contributed by atoms with Crippen molar-refractivity contribution in [3.63, 3.8) is 0 Å². The van der Waals surface area contributed by atoms with E-state index in [-0.39, 0.29) is 26.4 Å². The van der Waals surface area contributed by atoms with Crippen molar-refractivity contribution in [1.82, 2.24) is 5.32 Å². The summed E-state index contributed by atoms with van der Waals surface area (Å²) in [5, 5.41) is 2.86. The van der Waals surface area contributed by atoms with Gasteiger partial charge < -0.3 is 9.47 Å². The van der Waals surface area contributed by atoms with Crippen LogP contribution in [0.25, 0.3) is 6.08 Å². The molecule has 2 aromatic carbocycles. The van der Waals surface area contributed by atoms with E-state index in [1.807, 2.05) is 6.92 Å². The number of hydrogen-bond acceptors (Lipinski definition) is 5. The summed E-state index contributed by atoms with van der Waals surface area (Å²) in [6.07, 6.45) is 1.47. The van der Waals surface area contributed by atoms with Gasteiger partial charge in [0.2, 0.25) is 0 Å². The molecule has 9 heteroatoms. The number of carbonyl (C=O) groups excluding carboxylic acids is 2. The summed E-state index contributed by atoms with van der Waals surface area (Å²) in [5.41, 5.74) is 1.58. The lowest BCUT2D eigenvalue weighted by molar-refractivity contribution is -0.122. The predicted octanol–water partition coefficient (Wildman–Crippen LogP) is 4.15. The van der Waals surface area contributed by atoms with Crippen molar-refractivity contribution in [3.05, 3.63) is 57.1 Å². The summed E-state index contributed by atoms with van der Waals surface area (Å²) < 4.78 is 10.6. The van der Waals surface area contributed by atoms with Crippen LogP contribution in [0.15, 0.2) is 35.9 Å².